The molecule has 0 radical (unpaired) electrons. The van der Waals surface area contributed by atoms with E-state index < -0.39 is 37.0 Å². The number of hydrogen-bond acceptors (Lipinski definition) is 4. The Hall–Kier alpha value is -2.30. The third kappa shape index (κ3) is 4.09. The minimum Gasteiger partial charge on any atom is -0.382 e. The van der Waals surface area contributed by atoms with Crippen molar-refractivity contribution in [3.05, 3.63) is 45.5 Å². The first-order valence-electron chi connectivity index (χ1n) is 7.36. The van der Waals surface area contributed by atoms with Crippen molar-refractivity contribution in [2.45, 2.75) is 32.3 Å². The molecule has 0 bridgehead atoms. The molecule has 0 spiro atoms. The fraction of sp³-hybridized carbons (Fsp3) is 0.333. The van der Waals surface area contributed by atoms with Crippen LogP contribution in [0, 0.1) is 6.92 Å². The molecule has 1 amide bonds. The van der Waals surface area contributed by atoms with Gasteiger partial charge in [0.15, 0.2) is 6.10 Å². The second-order valence-electron chi connectivity index (χ2n) is 5.55. The lowest BCUT2D eigenvalue weighted by Crippen LogP contribution is -2.39. The second kappa shape index (κ2) is 7.52. The van der Waals surface area contributed by atoms with E-state index >= 15 is 0 Å². The molecule has 2 aromatic rings. The van der Waals surface area contributed by atoms with Crippen molar-refractivity contribution in [3.63, 3.8) is 0 Å². The summed E-state index contributed by atoms with van der Waals surface area (Å²) in [5.74, 6) is 4.30. The molecule has 1 aromatic heterocycles. The summed E-state index contributed by atoms with van der Waals surface area (Å²) >= 11 is 5.82. The van der Waals surface area contributed by atoms with Crippen LogP contribution < -0.4 is 17.0 Å². The maximum absolute atomic E-state index is 12.8. The Labute approximate surface area is 150 Å². The van der Waals surface area contributed by atoms with Gasteiger partial charge >= 0.3 is 11.9 Å². The molecule has 0 saturated carbocycles. The highest BCUT2D eigenvalue weighted by molar-refractivity contribution is 6.30. The summed E-state index contributed by atoms with van der Waals surface area (Å²) in [6.07, 6.45) is -7.65. The Balaban J connectivity index is 2.63. The lowest BCUT2D eigenvalue weighted by atomic mass is 10.1. The Morgan fingerprint density at radius 3 is 2.38 bits per heavy atom. The highest BCUT2D eigenvalue weighted by atomic mass is 35.5. The SMILES string of the molecule is Cc1c(-c2ccc(Cl)cc2)n(CC(O)C(F)(F)F)c(=O)n1CC(=O)NN. The average Bonchev–Trinajstić information content (AvgIpc) is 2.79. The van der Waals surface area contributed by atoms with Gasteiger partial charge in [0.05, 0.1) is 12.2 Å². The zero-order chi connectivity index (χ0) is 19.6. The summed E-state index contributed by atoms with van der Waals surface area (Å²) < 4.78 is 40.0. The number of imidazole rings is 1. The van der Waals surface area contributed by atoms with E-state index in [4.69, 9.17) is 17.4 Å². The molecule has 11 heteroatoms. The van der Waals surface area contributed by atoms with Crippen LogP contribution in [0.1, 0.15) is 5.69 Å². The molecule has 1 unspecified atom stereocenters. The van der Waals surface area contributed by atoms with Crippen molar-refractivity contribution in [1.29, 1.82) is 0 Å². The highest BCUT2D eigenvalue weighted by Gasteiger charge is 2.39. The van der Waals surface area contributed by atoms with Crippen molar-refractivity contribution in [2.24, 2.45) is 5.84 Å². The number of halogens is 4. The number of aliphatic hydroxyl groups is 1. The van der Waals surface area contributed by atoms with Crippen LogP contribution in [0.25, 0.3) is 11.3 Å². The lowest BCUT2D eigenvalue weighted by molar-refractivity contribution is -0.207. The van der Waals surface area contributed by atoms with Crippen LogP contribution in [0.2, 0.25) is 5.02 Å². The number of nitrogens with two attached hydrogens (primary N) is 1. The Bertz CT molecular complexity index is 859. The first-order chi connectivity index (χ1) is 12.1. The fourth-order valence-electron chi connectivity index (χ4n) is 2.50. The molecular formula is C15H16ClF3N4O3. The van der Waals surface area contributed by atoms with Crippen LogP contribution in [0.3, 0.4) is 0 Å². The van der Waals surface area contributed by atoms with Crippen LogP contribution >= 0.6 is 11.6 Å². The zero-order valence-corrected chi connectivity index (χ0v) is 14.3. The molecule has 4 N–H and O–H groups in total. The zero-order valence-electron chi connectivity index (χ0n) is 13.5. The number of rotatable bonds is 5. The van der Waals surface area contributed by atoms with Crippen LogP contribution in [0.5, 0.6) is 0 Å². The van der Waals surface area contributed by atoms with E-state index in [1.807, 2.05) is 5.43 Å². The van der Waals surface area contributed by atoms with E-state index in [9.17, 15) is 27.9 Å². The molecule has 2 rings (SSSR count). The molecule has 7 nitrogen and oxygen atoms in total. The third-order valence-corrected chi connectivity index (χ3v) is 4.05. The summed E-state index contributed by atoms with van der Waals surface area (Å²) in [5, 5.41) is 9.79. The molecule has 0 fully saturated rings. The lowest BCUT2D eigenvalue weighted by Gasteiger charge is -2.16. The van der Waals surface area contributed by atoms with Gasteiger partial charge in [-0.15, -0.1) is 0 Å². The van der Waals surface area contributed by atoms with Crippen molar-refractivity contribution < 1.29 is 23.1 Å². The number of hydrogen-bond donors (Lipinski definition) is 3. The minimum atomic E-state index is -4.90. The van der Waals surface area contributed by atoms with Gasteiger partial charge in [-0.1, -0.05) is 23.7 Å². The number of alkyl halides is 3. The monoisotopic (exact) mass is 392 g/mol. The second-order valence-corrected chi connectivity index (χ2v) is 5.98. The molecule has 0 saturated heterocycles. The predicted molar refractivity (Wildman–Crippen MR) is 88.3 cm³/mol. The first-order valence-corrected chi connectivity index (χ1v) is 7.74. The fourth-order valence-corrected chi connectivity index (χ4v) is 2.63. The normalized spacial score (nSPS) is 12.9. The van der Waals surface area contributed by atoms with E-state index in [1.165, 1.54) is 31.2 Å². The van der Waals surface area contributed by atoms with E-state index in [0.717, 1.165) is 9.13 Å². The van der Waals surface area contributed by atoms with Crippen molar-refractivity contribution in [1.82, 2.24) is 14.6 Å². The number of carbonyl (C=O) groups excluding carboxylic acids is 1. The van der Waals surface area contributed by atoms with Gasteiger partial charge in [0.25, 0.3) is 5.91 Å². The van der Waals surface area contributed by atoms with Gasteiger partial charge in [0, 0.05) is 16.3 Å². The number of aliphatic hydroxyl groups excluding tert-OH is 1. The minimum absolute atomic E-state index is 0.139. The summed E-state index contributed by atoms with van der Waals surface area (Å²) in [4.78, 5) is 24.1. The number of hydrazine groups is 1. The third-order valence-electron chi connectivity index (χ3n) is 3.79. The average molecular weight is 393 g/mol. The van der Waals surface area contributed by atoms with Gasteiger partial charge in [0.1, 0.15) is 6.54 Å². The van der Waals surface area contributed by atoms with E-state index in [2.05, 4.69) is 0 Å². The smallest absolute Gasteiger partial charge is 0.382 e. The van der Waals surface area contributed by atoms with Gasteiger partial charge in [0.2, 0.25) is 0 Å². The Kier molecular flexibility index (Phi) is 5.79. The van der Waals surface area contributed by atoms with Gasteiger partial charge in [-0.2, -0.15) is 13.2 Å². The van der Waals surface area contributed by atoms with Gasteiger partial charge in [-0.05, 0) is 19.1 Å². The van der Waals surface area contributed by atoms with Crippen LogP contribution in [0.15, 0.2) is 29.1 Å². The van der Waals surface area contributed by atoms with Crippen molar-refractivity contribution >= 4 is 17.5 Å². The summed E-state index contributed by atoms with van der Waals surface area (Å²) in [6.45, 7) is -0.0130. The first kappa shape index (κ1) is 20.0. The highest BCUT2D eigenvalue weighted by Crippen LogP contribution is 2.27. The van der Waals surface area contributed by atoms with Crippen LogP contribution in [-0.2, 0) is 17.9 Å². The molecule has 1 aromatic carbocycles. The van der Waals surface area contributed by atoms with E-state index in [1.54, 1.807) is 0 Å². The van der Waals surface area contributed by atoms with Crippen LogP contribution in [0.4, 0.5) is 13.2 Å². The number of amides is 1. The number of benzene rings is 1. The predicted octanol–water partition coefficient (Wildman–Crippen LogP) is 1.19. The van der Waals surface area contributed by atoms with Crippen LogP contribution in [-0.4, -0.2) is 32.4 Å². The molecule has 142 valence electrons. The molecule has 1 heterocycles. The summed E-state index contributed by atoms with van der Waals surface area (Å²) in [6, 6.07) is 6.06. The summed E-state index contributed by atoms with van der Waals surface area (Å²) in [5.41, 5.74) is 1.77. The molecule has 0 aliphatic heterocycles. The topological polar surface area (TPSA) is 102 Å². The number of nitrogens with zero attached hydrogens (tertiary/aromatic N) is 2. The van der Waals surface area contributed by atoms with Crippen molar-refractivity contribution in [3.8, 4) is 11.3 Å². The molecular weight excluding hydrogens is 377 g/mol. The van der Waals surface area contributed by atoms with E-state index in [-0.39, 0.29) is 11.4 Å². The maximum atomic E-state index is 12.8. The quantitative estimate of drug-likeness (QED) is 0.404. The molecule has 0 aliphatic carbocycles. The van der Waals surface area contributed by atoms with Gasteiger partial charge in [-0.25, -0.2) is 10.6 Å². The van der Waals surface area contributed by atoms with Gasteiger partial charge < -0.3 is 5.11 Å². The number of aromatic nitrogens is 2. The number of nitrogens with one attached hydrogen (secondary N) is 1. The van der Waals surface area contributed by atoms with E-state index in [0.29, 0.717) is 10.6 Å². The van der Waals surface area contributed by atoms with Gasteiger partial charge in [-0.3, -0.25) is 19.4 Å². The molecule has 1 atom stereocenters. The Morgan fingerprint density at radius 2 is 1.88 bits per heavy atom. The largest absolute Gasteiger partial charge is 0.416 e. The summed E-state index contributed by atoms with van der Waals surface area (Å²) in [7, 11) is 0. The maximum Gasteiger partial charge on any atom is 0.416 e. The molecule has 26 heavy (non-hydrogen) atoms. The number of carbonyl (C=O) groups is 1. The standard InChI is InChI=1S/C15H16ClF3N4O3/c1-8-13(9-2-4-10(16)5-3-9)23(6-11(24)15(17,18)19)14(26)22(8)7-12(25)21-20/h2-5,11,24H,6-7,20H2,1H3,(H,21,25). The Morgan fingerprint density at radius 1 is 1.31 bits per heavy atom. The van der Waals surface area contributed by atoms with Crippen molar-refractivity contribution in [2.75, 3.05) is 0 Å². The molecule has 0 aliphatic rings.